The first-order valence-electron chi connectivity index (χ1n) is 12.6. The Morgan fingerprint density at radius 1 is 0.722 bits per heavy atom. The monoisotopic (exact) mass is 495 g/mol. The molecule has 1 heterocycles. The predicted octanol–water partition coefficient (Wildman–Crippen LogP) is 7.53. The largest absolute Gasteiger partial charge is 0.494 e. The molecule has 0 spiro atoms. The lowest BCUT2D eigenvalue weighted by molar-refractivity contribution is -0.116. The Morgan fingerprint density at radius 3 is 1.81 bits per heavy atom. The number of hydrogen-bond acceptors (Lipinski definition) is 3. The summed E-state index contributed by atoms with van der Waals surface area (Å²) in [6.07, 6.45) is 3.46. The van der Waals surface area contributed by atoms with Crippen LogP contribution in [0.2, 0.25) is 0 Å². The summed E-state index contributed by atoms with van der Waals surface area (Å²) < 4.78 is 5.65. The molecule has 0 aromatic heterocycles. The van der Waals surface area contributed by atoms with Crippen LogP contribution in [0.1, 0.15) is 47.4 Å². The fraction of sp³-hybridized carbons (Fsp3) is 0.219. The first kappa shape index (κ1) is 25.6. The fourth-order valence-electron chi connectivity index (χ4n) is 4.37. The molecule has 1 N–H and O–H groups in total. The molecule has 1 amide bonds. The summed E-state index contributed by atoms with van der Waals surface area (Å²) in [5.74, 6) is 2.20. The minimum absolute atomic E-state index is 0.0972. The molecular weight excluding hydrogens is 462 g/mol. The number of carbonyl (C=O) groups excluding carboxylic acids is 1. The molecule has 0 radical (unpaired) electrons. The standard InChI is InChI=1S/C19H16.C13H17NO2S/c1-4-10-16(11-5-1)19(17-12-6-2-7-13-17)18-14-8-3-9-15-18;15-13-6-3-10-9-11(4-5-12(10)14-13)16-7-1-2-8-17/h1-15,19H;4-5,9,17H,1-3,6-8H2,(H,14,15). The Labute approximate surface area is 220 Å². The zero-order chi connectivity index (χ0) is 25.0. The van der Waals surface area contributed by atoms with Gasteiger partial charge in [-0.25, -0.2) is 0 Å². The lowest BCUT2D eigenvalue weighted by Crippen LogP contribution is -2.18. The number of amides is 1. The van der Waals surface area contributed by atoms with E-state index in [-0.39, 0.29) is 5.91 Å². The average molecular weight is 496 g/mol. The van der Waals surface area contributed by atoms with Crippen LogP contribution < -0.4 is 10.1 Å². The molecule has 4 aromatic carbocycles. The van der Waals surface area contributed by atoms with Crippen LogP contribution in [-0.2, 0) is 11.2 Å². The van der Waals surface area contributed by atoms with E-state index in [1.807, 2.05) is 18.2 Å². The van der Waals surface area contributed by atoms with Crippen molar-refractivity contribution in [2.24, 2.45) is 0 Å². The highest BCUT2D eigenvalue weighted by Crippen LogP contribution is 2.31. The van der Waals surface area contributed by atoms with Gasteiger partial charge in [-0.2, -0.15) is 12.6 Å². The van der Waals surface area contributed by atoms with E-state index in [4.69, 9.17) is 4.74 Å². The molecule has 0 saturated carbocycles. The quantitative estimate of drug-likeness (QED) is 0.151. The first-order chi connectivity index (χ1) is 17.7. The molecular formula is C32H33NO2S. The molecule has 4 aromatic rings. The highest BCUT2D eigenvalue weighted by atomic mass is 32.1. The first-order valence-corrected chi connectivity index (χ1v) is 13.2. The van der Waals surface area contributed by atoms with Crippen molar-refractivity contribution in [2.75, 3.05) is 17.7 Å². The Hall–Kier alpha value is -3.50. The predicted molar refractivity (Wildman–Crippen MR) is 152 cm³/mol. The molecule has 3 nitrogen and oxygen atoms in total. The van der Waals surface area contributed by atoms with Crippen molar-refractivity contribution in [3.63, 3.8) is 0 Å². The number of fused-ring (bicyclic) bond motifs is 1. The number of hydrogen-bond donors (Lipinski definition) is 2. The van der Waals surface area contributed by atoms with Crippen molar-refractivity contribution >= 4 is 24.2 Å². The normalized spacial score (nSPS) is 12.2. The summed E-state index contributed by atoms with van der Waals surface area (Å²) >= 11 is 4.16. The van der Waals surface area contributed by atoms with Crippen LogP contribution >= 0.6 is 12.6 Å². The highest BCUT2D eigenvalue weighted by molar-refractivity contribution is 7.80. The minimum atomic E-state index is 0.0972. The molecule has 0 bridgehead atoms. The SMILES string of the molecule is O=C1CCc2cc(OCCCCS)ccc2N1.c1ccc(C(c2ccccc2)c2ccccc2)cc1. The third-order valence-corrected chi connectivity index (χ3v) is 6.51. The van der Waals surface area contributed by atoms with Gasteiger partial charge in [0.25, 0.3) is 0 Å². The molecule has 1 aliphatic heterocycles. The van der Waals surface area contributed by atoms with Crippen molar-refractivity contribution in [3.8, 4) is 5.75 Å². The van der Waals surface area contributed by atoms with Crippen LogP contribution in [0.3, 0.4) is 0 Å². The van der Waals surface area contributed by atoms with E-state index in [1.54, 1.807) is 0 Å². The second kappa shape index (κ2) is 13.6. The number of carbonyl (C=O) groups is 1. The van der Waals surface area contributed by atoms with Crippen molar-refractivity contribution < 1.29 is 9.53 Å². The maximum Gasteiger partial charge on any atom is 0.224 e. The summed E-state index contributed by atoms with van der Waals surface area (Å²) in [4.78, 5) is 11.2. The zero-order valence-electron chi connectivity index (χ0n) is 20.5. The van der Waals surface area contributed by atoms with E-state index < -0.39 is 0 Å². The minimum Gasteiger partial charge on any atom is -0.494 e. The molecule has 0 saturated heterocycles. The van der Waals surface area contributed by atoms with E-state index >= 15 is 0 Å². The Morgan fingerprint density at radius 2 is 1.28 bits per heavy atom. The summed E-state index contributed by atoms with van der Waals surface area (Å²) in [5, 5.41) is 2.86. The van der Waals surface area contributed by atoms with Gasteiger partial charge in [0.15, 0.2) is 0 Å². The smallest absolute Gasteiger partial charge is 0.224 e. The maximum absolute atomic E-state index is 11.2. The molecule has 36 heavy (non-hydrogen) atoms. The molecule has 4 heteroatoms. The van der Waals surface area contributed by atoms with Gasteiger partial charge < -0.3 is 10.1 Å². The number of unbranched alkanes of at least 4 members (excludes halogenated alkanes) is 1. The lowest BCUT2D eigenvalue weighted by Gasteiger charge is -2.18. The number of rotatable bonds is 8. The number of aryl methyl sites for hydroxylation is 1. The summed E-state index contributed by atoms with van der Waals surface area (Å²) in [5.41, 5.74) is 6.08. The third-order valence-electron chi connectivity index (χ3n) is 6.19. The highest BCUT2D eigenvalue weighted by Gasteiger charge is 2.16. The number of ether oxygens (including phenoxy) is 1. The Bertz CT molecular complexity index is 1120. The van der Waals surface area contributed by atoms with Crippen LogP contribution in [0.25, 0.3) is 0 Å². The van der Waals surface area contributed by atoms with Gasteiger partial charge in [-0.1, -0.05) is 91.0 Å². The van der Waals surface area contributed by atoms with Gasteiger partial charge in [-0.05, 0) is 65.5 Å². The zero-order valence-corrected chi connectivity index (χ0v) is 21.4. The van der Waals surface area contributed by atoms with Crippen LogP contribution in [0.5, 0.6) is 5.75 Å². The van der Waals surface area contributed by atoms with Crippen LogP contribution in [0.15, 0.2) is 109 Å². The van der Waals surface area contributed by atoms with Crippen LogP contribution in [0.4, 0.5) is 5.69 Å². The molecule has 0 aliphatic carbocycles. The van der Waals surface area contributed by atoms with E-state index in [0.717, 1.165) is 48.6 Å². The second-order valence-corrected chi connectivity index (χ2v) is 9.26. The Balaban J connectivity index is 0.000000170. The number of benzene rings is 4. The average Bonchev–Trinajstić information content (AvgIpc) is 2.93. The molecule has 0 atom stereocenters. The molecule has 0 unspecified atom stereocenters. The third kappa shape index (κ3) is 7.25. The second-order valence-electron chi connectivity index (χ2n) is 8.81. The van der Waals surface area contributed by atoms with Gasteiger partial charge in [0.2, 0.25) is 5.91 Å². The van der Waals surface area contributed by atoms with Crippen LogP contribution in [-0.4, -0.2) is 18.3 Å². The number of thiol groups is 1. The number of nitrogens with one attached hydrogen (secondary N) is 1. The van der Waals surface area contributed by atoms with Crippen molar-refractivity contribution in [1.82, 2.24) is 0 Å². The van der Waals surface area contributed by atoms with Gasteiger partial charge in [0.1, 0.15) is 5.75 Å². The molecule has 0 fully saturated rings. The van der Waals surface area contributed by atoms with Gasteiger partial charge >= 0.3 is 0 Å². The molecule has 184 valence electrons. The van der Waals surface area contributed by atoms with E-state index in [0.29, 0.717) is 12.3 Å². The van der Waals surface area contributed by atoms with Gasteiger partial charge in [0.05, 0.1) is 6.61 Å². The fourth-order valence-corrected chi connectivity index (χ4v) is 4.59. The summed E-state index contributed by atoms with van der Waals surface area (Å²) in [7, 11) is 0. The van der Waals surface area contributed by atoms with Gasteiger partial charge in [0, 0.05) is 18.0 Å². The van der Waals surface area contributed by atoms with Gasteiger partial charge in [-0.3, -0.25) is 4.79 Å². The van der Waals surface area contributed by atoms with E-state index in [9.17, 15) is 4.79 Å². The van der Waals surface area contributed by atoms with E-state index in [1.165, 1.54) is 16.7 Å². The summed E-state index contributed by atoms with van der Waals surface area (Å²) in [6.45, 7) is 0.728. The van der Waals surface area contributed by atoms with Gasteiger partial charge in [-0.15, -0.1) is 0 Å². The van der Waals surface area contributed by atoms with Crippen molar-refractivity contribution in [1.29, 1.82) is 0 Å². The molecule has 1 aliphatic rings. The lowest BCUT2D eigenvalue weighted by atomic mass is 9.85. The van der Waals surface area contributed by atoms with Crippen molar-refractivity contribution in [3.05, 3.63) is 131 Å². The van der Waals surface area contributed by atoms with E-state index in [2.05, 4.69) is 109 Å². The Kier molecular flexibility index (Phi) is 9.63. The van der Waals surface area contributed by atoms with Crippen molar-refractivity contribution in [2.45, 2.75) is 31.6 Å². The number of anilines is 1. The van der Waals surface area contributed by atoms with Crippen LogP contribution in [0, 0.1) is 0 Å². The summed E-state index contributed by atoms with van der Waals surface area (Å²) in [6, 6.07) is 37.9. The molecule has 5 rings (SSSR count). The maximum atomic E-state index is 11.2. The topological polar surface area (TPSA) is 38.3 Å².